The van der Waals surface area contributed by atoms with Crippen LogP contribution in [0.5, 0.6) is 0 Å². The summed E-state index contributed by atoms with van der Waals surface area (Å²) in [6, 6.07) is 0. The van der Waals surface area contributed by atoms with E-state index in [1.165, 1.54) is 6.42 Å². The van der Waals surface area contributed by atoms with Crippen LogP contribution in [-0.2, 0) is 0 Å². The van der Waals surface area contributed by atoms with Gasteiger partial charge in [-0.2, -0.15) is 0 Å². The topological polar surface area (TPSA) is 12.4 Å². The van der Waals surface area contributed by atoms with Crippen LogP contribution in [0.4, 0.5) is 0 Å². The highest BCUT2D eigenvalue weighted by atomic mass is 14.7. The van der Waals surface area contributed by atoms with Crippen molar-refractivity contribution >= 4 is 6.21 Å². The highest BCUT2D eigenvalue weighted by Crippen LogP contribution is 2.17. The minimum absolute atomic E-state index is 0.817. The van der Waals surface area contributed by atoms with Gasteiger partial charge in [-0.15, -0.1) is 0 Å². The molecule has 0 aromatic rings. The lowest BCUT2D eigenvalue weighted by Gasteiger charge is -2.10. The molecule has 0 radical (unpaired) electrons. The summed E-state index contributed by atoms with van der Waals surface area (Å²) in [5, 5.41) is 0. The summed E-state index contributed by atoms with van der Waals surface area (Å²) in [4.78, 5) is 4.16. The third-order valence-electron chi connectivity index (χ3n) is 1.82. The first-order valence-electron chi connectivity index (χ1n) is 3.29. The van der Waals surface area contributed by atoms with Crippen LogP contribution in [0.15, 0.2) is 4.99 Å². The SMILES string of the molecule is CC(C)[C@@H]1CC=NC1. The molecular weight excluding hydrogens is 98.1 g/mol. The summed E-state index contributed by atoms with van der Waals surface area (Å²) < 4.78 is 0. The highest BCUT2D eigenvalue weighted by molar-refractivity contribution is 5.59. The first-order chi connectivity index (χ1) is 3.80. The van der Waals surface area contributed by atoms with E-state index in [0.29, 0.717) is 0 Å². The molecule has 1 heteroatoms. The quantitative estimate of drug-likeness (QED) is 0.488. The predicted molar refractivity (Wildman–Crippen MR) is 36.3 cm³/mol. The molecule has 0 saturated carbocycles. The van der Waals surface area contributed by atoms with Gasteiger partial charge < -0.3 is 0 Å². The fourth-order valence-electron chi connectivity index (χ4n) is 0.977. The minimum Gasteiger partial charge on any atom is -0.297 e. The van der Waals surface area contributed by atoms with E-state index in [1.54, 1.807) is 0 Å². The maximum atomic E-state index is 4.16. The summed E-state index contributed by atoms with van der Waals surface area (Å²) in [5.41, 5.74) is 0. The lowest BCUT2D eigenvalue weighted by molar-refractivity contribution is 0.427. The van der Waals surface area contributed by atoms with Gasteiger partial charge in [0.15, 0.2) is 0 Å². The largest absolute Gasteiger partial charge is 0.297 e. The summed E-state index contributed by atoms with van der Waals surface area (Å²) in [6.07, 6.45) is 3.25. The van der Waals surface area contributed by atoms with E-state index in [1.807, 2.05) is 6.21 Å². The van der Waals surface area contributed by atoms with Gasteiger partial charge in [-0.3, -0.25) is 4.99 Å². The monoisotopic (exact) mass is 111 g/mol. The third kappa shape index (κ3) is 1.09. The van der Waals surface area contributed by atoms with Crippen molar-refractivity contribution in [3.63, 3.8) is 0 Å². The number of nitrogens with zero attached hydrogens (tertiary/aromatic N) is 1. The van der Waals surface area contributed by atoms with E-state index < -0.39 is 0 Å². The molecule has 0 fully saturated rings. The van der Waals surface area contributed by atoms with Crippen LogP contribution < -0.4 is 0 Å². The minimum atomic E-state index is 0.817. The second kappa shape index (κ2) is 2.29. The molecule has 0 spiro atoms. The van der Waals surface area contributed by atoms with Crippen LogP contribution in [-0.4, -0.2) is 12.8 Å². The van der Waals surface area contributed by atoms with E-state index in [9.17, 15) is 0 Å². The fraction of sp³-hybridized carbons (Fsp3) is 0.857. The van der Waals surface area contributed by atoms with Gasteiger partial charge in [0.2, 0.25) is 0 Å². The molecule has 0 N–H and O–H groups in total. The Morgan fingerprint density at radius 1 is 1.62 bits per heavy atom. The van der Waals surface area contributed by atoms with Crippen molar-refractivity contribution in [1.82, 2.24) is 0 Å². The molecule has 8 heavy (non-hydrogen) atoms. The standard InChI is InChI=1S/C7H13N/c1-6(2)7-3-4-8-5-7/h4,6-7H,3,5H2,1-2H3/t7-/m1/s1. The van der Waals surface area contributed by atoms with Gasteiger partial charge in [0.1, 0.15) is 0 Å². The Balaban J connectivity index is 2.29. The molecule has 0 amide bonds. The zero-order valence-corrected chi connectivity index (χ0v) is 5.59. The number of hydrogen-bond donors (Lipinski definition) is 0. The molecule has 0 bridgehead atoms. The molecule has 1 rings (SSSR count). The molecule has 0 aliphatic carbocycles. The Bertz CT molecular complexity index is 86.6. The van der Waals surface area contributed by atoms with Gasteiger partial charge in [0.25, 0.3) is 0 Å². The van der Waals surface area contributed by atoms with E-state index in [0.717, 1.165) is 18.4 Å². The first-order valence-corrected chi connectivity index (χ1v) is 3.29. The van der Waals surface area contributed by atoms with Crippen LogP contribution >= 0.6 is 0 Å². The van der Waals surface area contributed by atoms with Crippen LogP contribution in [0, 0.1) is 11.8 Å². The average molecular weight is 111 g/mol. The van der Waals surface area contributed by atoms with E-state index in [4.69, 9.17) is 0 Å². The van der Waals surface area contributed by atoms with Crippen LogP contribution in [0.1, 0.15) is 20.3 Å². The molecule has 1 aliphatic heterocycles. The molecule has 0 aromatic carbocycles. The zero-order chi connectivity index (χ0) is 5.98. The Morgan fingerprint density at radius 2 is 2.38 bits per heavy atom. The molecule has 46 valence electrons. The molecule has 1 atom stereocenters. The maximum absolute atomic E-state index is 4.16. The molecule has 0 unspecified atom stereocenters. The van der Waals surface area contributed by atoms with Crippen molar-refractivity contribution < 1.29 is 0 Å². The van der Waals surface area contributed by atoms with Gasteiger partial charge in [-0.1, -0.05) is 13.8 Å². The highest BCUT2D eigenvalue weighted by Gasteiger charge is 2.14. The number of rotatable bonds is 1. The van der Waals surface area contributed by atoms with E-state index >= 15 is 0 Å². The smallest absolute Gasteiger partial charge is 0.0419 e. The summed E-state index contributed by atoms with van der Waals surface area (Å²) in [5.74, 6) is 1.66. The van der Waals surface area contributed by atoms with Crippen molar-refractivity contribution in [3.05, 3.63) is 0 Å². The summed E-state index contributed by atoms with van der Waals surface area (Å²) >= 11 is 0. The van der Waals surface area contributed by atoms with Crippen molar-refractivity contribution in [2.45, 2.75) is 20.3 Å². The van der Waals surface area contributed by atoms with Crippen LogP contribution in [0.2, 0.25) is 0 Å². The van der Waals surface area contributed by atoms with Crippen LogP contribution in [0.25, 0.3) is 0 Å². The fourth-order valence-corrected chi connectivity index (χ4v) is 0.977. The van der Waals surface area contributed by atoms with Crippen molar-refractivity contribution in [3.8, 4) is 0 Å². The Morgan fingerprint density at radius 3 is 2.62 bits per heavy atom. The van der Waals surface area contributed by atoms with Gasteiger partial charge in [-0.05, 0) is 24.5 Å². The lowest BCUT2D eigenvalue weighted by Crippen LogP contribution is -2.07. The second-order valence-electron chi connectivity index (χ2n) is 2.79. The first kappa shape index (κ1) is 5.80. The molecule has 1 nitrogen and oxygen atoms in total. The molecule has 1 aliphatic rings. The van der Waals surface area contributed by atoms with Crippen molar-refractivity contribution in [2.75, 3.05) is 6.54 Å². The lowest BCUT2D eigenvalue weighted by atomic mass is 9.95. The second-order valence-corrected chi connectivity index (χ2v) is 2.79. The zero-order valence-electron chi connectivity index (χ0n) is 5.59. The van der Waals surface area contributed by atoms with Gasteiger partial charge in [-0.25, -0.2) is 0 Å². The third-order valence-corrected chi connectivity index (χ3v) is 1.82. The molecule has 0 saturated heterocycles. The van der Waals surface area contributed by atoms with Gasteiger partial charge in [0.05, 0.1) is 0 Å². The Labute approximate surface area is 50.8 Å². The molecule has 0 aromatic heterocycles. The van der Waals surface area contributed by atoms with E-state index in [2.05, 4.69) is 18.8 Å². The summed E-state index contributed by atoms with van der Waals surface area (Å²) in [7, 11) is 0. The molecule has 1 heterocycles. The Hall–Kier alpha value is -0.330. The van der Waals surface area contributed by atoms with Crippen LogP contribution in [0.3, 0.4) is 0 Å². The van der Waals surface area contributed by atoms with Gasteiger partial charge in [0, 0.05) is 6.54 Å². The summed E-state index contributed by atoms with van der Waals surface area (Å²) in [6.45, 7) is 5.59. The average Bonchev–Trinajstić information content (AvgIpc) is 2.12. The van der Waals surface area contributed by atoms with Crippen molar-refractivity contribution in [1.29, 1.82) is 0 Å². The van der Waals surface area contributed by atoms with Gasteiger partial charge >= 0.3 is 0 Å². The van der Waals surface area contributed by atoms with E-state index in [-0.39, 0.29) is 0 Å². The maximum Gasteiger partial charge on any atom is 0.0419 e. The van der Waals surface area contributed by atoms with Crippen molar-refractivity contribution in [2.24, 2.45) is 16.8 Å². The normalized spacial score (nSPS) is 27.6. The Kier molecular flexibility index (Phi) is 1.66. The molecular formula is C7H13N. The number of aliphatic imine (C=N–C) groups is 1. The predicted octanol–water partition coefficient (Wildman–Crippen LogP) is 1.73. The number of hydrogen-bond acceptors (Lipinski definition) is 1.